The van der Waals surface area contributed by atoms with Crippen LogP contribution in [0.4, 0.5) is 11.5 Å². The van der Waals surface area contributed by atoms with Crippen molar-refractivity contribution in [2.45, 2.75) is 37.5 Å². The fraction of sp³-hybridized carbons (Fsp3) is 0.231. The number of rotatable bonds is 7. The first-order chi connectivity index (χ1) is 16.7. The molecule has 0 radical (unpaired) electrons. The molecule has 1 heterocycles. The highest BCUT2D eigenvalue weighted by atomic mass is 35.5. The van der Waals surface area contributed by atoms with Crippen molar-refractivity contribution >= 4 is 40.8 Å². The third-order valence-electron chi connectivity index (χ3n) is 5.46. The SMILES string of the molecule is CCc1ccc(-c2c(C#N)c(N)nc(SC(C)C(=O)Nc3cc(C)c(Cl)cc3OC)c2C#N)cc1. The smallest absolute Gasteiger partial charge is 0.237 e. The van der Waals surface area contributed by atoms with E-state index < -0.39 is 5.25 Å². The number of aryl methyl sites for hydroxylation is 2. The summed E-state index contributed by atoms with van der Waals surface area (Å²) in [7, 11) is 1.49. The molecule has 1 aromatic heterocycles. The fourth-order valence-corrected chi connectivity index (χ4v) is 4.54. The van der Waals surface area contributed by atoms with Gasteiger partial charge in [0.2, 0.25) is 5.91 Å². The number of amides is 1. The van der Waals surface area contributed by atoms with E-state index in [1.165, 1.54) is 7.11 Å². The third kappa shape index (κ3) is 5.51. The summed E-state index contributed by atoms with van der Waals surface area (Å²) in [5, 5.41) is 22.7. The van der Waals surface area contributed by atoms with Crippen molar-refractivity contribution in [1.29, 1.82) is 10.5 Å². The molecule has 3 N–H and O–H groups in total. The van der Waals surface area contributed by atoms with Gasteiger partial charge in [0.05, 0.1) is 23.6 Å². The lowest BCUT2D eigenvalue weighted by molar-refractivity contribution is -0.115. The predicted octanol–water partition coefficient (Wildman–Crippen LogP) is 5.73. The van der Waals surface area contributed by atoms with Crippen LogP contribution in [0.1, 0.15) is 36.1 Å². The number of nitriles is 2. The van der Waals surface area contributed by atoms with Gasteiger partial charge in [0.1, 0.15) is 34.3 Å². The van der Waals surface area contributed by atoms with Gasteiger partial charge in [0.15, 0.2) is 0 Å². The second-order valence-electron chi connectivity index (χ2n) is 7.75. The number of nitrogens with two attached hydrogens (primary N) is 1. The Morgan fingerprint density at radius 2 is 1.89 bits per heavy atom. The van der Waals surface area contributed by atoms with Crippen LogP contribution in [0.3, 0.4) is 0 Å². The summed E-state index contributed by atoms with van der Waals surface area (Å²) in [5.74, 6) is 0.117. The Labute approximate surface area is 213 Å². The number of halogens is 1. The van der Waals surface area contributed by atoms with Crippen molar-refractivity contribution in [1.82, 2.24) is 4.98 Å². The van der Waals surface area contributed by atoms with E-state index in [1.54, 1.807) is 19.1 Å². The van der Waals surface area contributed by atoms with Crippen molar-refractivity contribution < 1.29 is 9.53 Å². The Balaban J connectivity index is 1.97. The van der Waals surface area contributed by atoms with E-state index in [0.29, 0.717) is 27.6 Å². The van der Waals surface area contributed by atoms with Crippen LogP contribution in [-0.2, 0) is 11.2 Å². The largest absolute Gasteiger partial charge is 0.495 e. The summed E-state index contributed by atoms with van der Waals surface area (Å²) < 4.78 is 5.33. The summed E-state index contributed by atoms with van der Waals surface area (Å²) in [6, 6.07) is 15.2. The number of hydrogen-bond acceptors (Lipinski definition) is 7. The van der Waals surface area contributed by atoms with Crippen molar-refractivity contribution in [3.63, 3.8) is 0 Å². The molecule has 178 valence electrons. The Morgan fingerprint density at radius 3 is 2.46 bits per heavy atom. The van der Waals surface area contributed by atoms with Gasteiger partial charge in [0, 0.05) is 16.7 Å². The fourth-order valence-electron chi connectivity index (χ4n) is 3.46. The zero-order valence-corrected chi connectivity index (χ0v) is 21.3. The first-order valence-electron chi connectivity index (χ1n) is 10.8. The molecule has 35 heavy (non-hydrogen) atoms. The summed E-state index contributed by atoms with van der Waals surface area (Å²) >= 11 is 7.25. The first kappa shape index (κ1) is 25.9. The Hall–Kier alpha value is -3.72. The minimum atomic E-state index is -0.641. The van der Waals surface area contributed by atoms with Gasteiger partial charge in [-0.05, 0) is 43.0 Å². The van der Waals surface area contributed by atoms with E-state index in [1.807, 2.05) is 38.1 Å². The highest BCUT2D eigenvalue weighted by molar-refractivity contribution is 8.00. The monoisotopic (exact) mass is 505 g/mol. The molecule has 2 aromatic carbocycles. The van der Waals surface area contributed by atoms with Gasteiger partial charge in [-0.2, -0.15) is 10.5 Å². The normalized spacial score (nSPS) is 11.3. The highest BCUT2D eigenvalue weighted by Gasteiger charge is 2.24. The zero-order chi connectivity index (χ0) is 25.7. The minimum Gasteiger partial charge on any atom is -0.495 e. The lowest BCUT2D eigenvalue weighted by Gasteiger charge is -2.17. The number of ether oxygens (including phenoxy) is 1. The van der Waals surface area contributed by atoms with E-state index in [4.69, 9.17) is 22.1 Å². The molecule has 0 saturated heterocycles. The van der Waals surface area contributed by atoms with Crippen LogP contribution in [-0.4, -0.2) is 23.3 Å². The summed E-state index contributed by atoms with van der Waals surface area (Å²) in [6.07, 6.45) is 0.862. The molecule has 1 unspecified atom stereocenters. The quantitative estimate of drug-likeness (QED) is 0.393. The lowest BCUT2D eigenvalue weighted by Crippen LogP contribution is -2.23. The van der Waals surface area contributed by atoms with Crippen LogP contribution in [0.2, 0.25) is 5.02 Å². The van der Waals surface area contributed by atoms with Crippen molar-refractivity contribution in [3.05, 3.63) is 63.7 Å². The number of carbonyl (C=O) groups is 1. The Bertz CT molecular complexity index is 1360. The maximum Gasteiger partial charge on any atom is 0.237 e. The van der Waals surface area contributed by atoms with E-state index in [-0.39, 0.29) is 27.9 Å². The van der Waals surface area contributed by atoms with Gasteiger partial charge in [-0.15, -0.1) is 0 Å². The van der Waals surface area contributed by atoms with Gasteiger partial charge < -0.3 is 15.8 Å². The van der Waals surface area contributed by atoms with E-state index in [9.17, 15) is 15.3 Å². The molecular weight excluding hydrogens is 482 g/mol. The number of benzene rings is 2. The van der Waals surface area contributed by atoms with Crippen LogP contribution in [0.5, 0.6) is 5.75 Å². The van der Waals surface area contributed by atoms with E-state index >= 15 is 0 Å². The van der Waals surface area contributed by atoms with Crippen LogP contribution in [0.25, 0.3) is 11.1 Å². The molecule has 9 heteroatoms. The number of hydrogen-bond donors (Lipinski definition) is 2. The number of nitrogen functional groups attached to an aromatic ring is 1. The van der Waals surface area contributed by atoms with Crippen LogP contribution < -0.4 is 15.8 Å². The molecule has 0 saturated carbocycles. The Kier molecular flexibility index (Phi) is 8.24. The molecule has 3 aromatic rings. The van der Waals surface area contributed by atoms with Gasteiger partial charge in [-0.3, -0.25) is 4.79 Å². The van der Waals surface area contributed by atoms with Crippen LogP contribution in [0, 0.1) is 29.6 Å². The molecule has 0 spiro atoms. The summed E-state index contributed by atoms with van der Waals surface area (Å²) in [4.78, 5) is 17.3. The number of nitrogens with one attached hydrogen (secondary N) is 1. The van der Waals surface area contributed by atoms with Crippen LogP contribution >= 0.6 is 23.4 Å². The molecule has 3 rings (SSSR count). The molecule has 1 atom stereocenters. The number of thioether (sulfide) groups is 1. The molecule has 0 aliphatic rings. The van der Waals surface area contributed by atoms with E-state index in [2.05, 4.69) is 22.4 Å². The minimum absolute atomic E-state index is 0.00571. The van der Waals surface area contributed by atoms with Crippen molar-refractivity contribution in [2.75, 3.05) is 18.2 Å². The second-order valence-corrected chi connectivity index (χ2v) is 9.49. The predicted molar refractivity (Wildman–Crippen MR) is 140 cm³/mol. The first-order valence-corrected chi connectivity index (χ1v) is 12.0. The van der Waals surface area contributed by atoms with Gasteiger partial charge in [0.25, 0.3) is 0 Å². The topological polar surface area (TPSA) is 125 Å². The highest BCUT2D eigenvalue weighted by Crippen LogP contribution is 2.38. The van der Waals surface area contributed by atoms with E-state index in [0.717, 1.165) is 29.3 Å². The van der Waals surface area contributed by atoms with Gasteiger partial charge in [-0.1, -0.05) is 54.6 Å². The second kappa shape index (κ2) is 11.1. The van der Waals surface area contributed by atoms with Crippen LogP contribution in [0.15, 0.2) is 41.4 Å². The molecule has 0 aliphatic carbocycles. The summed E-state index contributed by atoms with van der Waals surface area (Å²) in [6.45, 7) is 5.57. The Morgan fingerprint density at radius 1 is 1.23 bits per heavy atom. The third-order valence-corrected chi connectivity index (χ3v) is 6.96. The molecular formula is C26H24ClN5O2S. The maximum absolute atomic E-state index is 13.0. The maximum atomic E-state index is 13.0. The number of pyridine rings is 1. The number of anilines is 2. The molecule has 7 nitrogen and oxygen atoms in total. The zero-order valence-electron chi connectivity index (χ0n) is 19.8. The lowest BCUT2D eigenvalue weighted by atomic mass is 9.96. The molecule has 0 bridgehead atoms. The number of carbonyl (C=O) groups excluding carboxylic acids is 1. The molecule has 1 amide bonds. The van der Waals surface area contributed by atoms with Gasteiger partial charge >= 0.3 is 0 Å². The number of aromatic nitrogens is 1. The van der Waals surface area contributed by atoms with Gasteiger partial charge in [-0.25, -0.2) is 4.98 Å². The average Bonchev–Trinajstić information content (AvgIpc) is 2.85. The average molecular weight is 506 g/mol. The van der Waals surface area contributed by atoms with Crippen molar-refractivity contribution in [3.8, 4) is 29.0 Å². The number of methoxy groups -OCH3 is 1. The molecule has 0 fully saturated rings. The van der Waals surface area contributed by atoms with Crippen molar-refractivity contribution in [2.24, 2.45) is 0 Å². The number of nitrogens with zero attached hydrogens (tertiary/aromatic N) is 3. The summed E-state index contributed by atoms with van der Waals surface area (Å²) in [5.41, 5.74) is 9.93. The standard InChI is InChI=1S/C26H24ClN5O2S/c1-5-16-6-8-17(9-7-16)23-18(12-28)24(30)32-26(19(23)13-29)35-15(3)25(33)31-21-10-14(2)20(27)11-22(21)34-4/h6-11,15H,5H2,1-4H3,(H2,30,32)(H,31,33). The molecule has 0 aliphatic heterocycles.